The first-order valence-corrected chi connectivity index (χ1v) is 3.82. The van der Waals surface area contributed by atoms with Crippen molar-refractivity contribution in [2.45, 2.75) is 0 Å². The lowest BCUT2D eigenvalue weighted by atomic mass is 10.4. The van der Waals surface area contributed by atoms with Crippen LogP contribution in [0.5, 0.6) is 0 Å². The highest BCUT2D eigenvalue weighted by Gasteiger charge is 1.60. The number of rotatable bonds is 5. The van der Waals surface area contributed by atoms with Crippen LogP contribution in [0, 0.1) is 0 Å². The van der Waals surface area contributed by atoms with Gasteiger partial charge in [-0.05, 0) is 0 Å². The molecule has 62 valence electrons. The van der Waals surface area contributed by atoms with Crippen molar-refractivity contribution in [1.82, 2.24) is 0 Å². The molecule has 0 aromatic heterocycles. The molecule has 12 heavy (non-hydrogen) atoms. The van der Waals surface area contributed by atoms with E-state index in [1.165, 1.54) is 0 Å². The van der Waals surface area contributed by atoms with E-state index in [-0.39, 0.29) is 0 Å². The second-order valence-electron chi connectivity index (χ2n) is 2.01. The molecular formula is C12H14. The van der Waals surface area contributed by atoms with Crippen LogP contribution in [0.25, 0.3) is 0 Å². The molecule has 0 aromatic carbocycles. The van der Waals surface area contributed by atoms with Crippen molar-refractivity contribution in [3.8, 4) is 0 Å². The summed E-state index contributed by atoms with van der Waals surface area (Å²) in [7, 11) is 0. The van der Waals surface area contributed by atoms with Crippen molar-refractivity contribution in [3.05, 3.63) is 73.9 Å². The van der Waals surface area contributed by atoms with Crippen LogP contribution in [0.4, 0.5) is 0 Å². The predicted octanol–water partition coefficient (Wildman–Crippen LogP) is 3.58. The highest BCUT2D eigenvalue weighted by atomic mass is 13.7. The maximum Gasteiger partial charge on any atom is -0.0623 e. The summed E-state index contributed by atoms with van der Waals surface area (Å²) >= 11 is 0. The molecule has 0 bridgehead atoms. The topological polar surface area (TPSA) is 0 Å². The summed E-state index contributed by atoms with van der Waals surface area (Å²) in [6.45, 7) is 7.12. The number of hydrogen-bond acceptors (Lipinski definition) is 0. The Morgan fingerprint density at radius 2 is 0.667 bits per heavy atom. The van der Waals surface area contributed by atoms with Gasteiger partial charge in [-0.2, -0.15) is 0 Å². The third-order valence-electron chi connectivity index (χ3n) is 1.05. The fraction of sp³-hybridized carbons (Fsp3) is 0. The van der Waals surface area contributed by atoms with Crippen molar-refractivity contribution < 1.29 is 0 Å². The van der Waals surface area contributed by atoms with Crippen LogP contribution in [-0.4, -0.2) is 0 Å². The Balaban J connectivity index is 3.65. The van der Waals surface area contributed by atoms with Gasteiger partial charge in [0.05, 0.1) is 0 Å². The summed E-state index contributed by atoms with van der Waals surface area (Å²) in [5.74, 6) is 0. The van der Waals surface area contributed by atoms with Gasteiger partial charge in [-0.3, -0.25) is 0 Å². The molecule has 0 atom stereocenters. The fourth-order valence-electron chi connectivity index (χ4n) is 0.542. The number of hydrogen-bond donors (Lipinski definition) is 0. The highest BCUT2D eigenvalue weighted by Crippen LogP contribution is 1.82. The minimum absolute atomic E-state index is 1.74. The van der Waals surface area contributed by atoms with E-state index in [2.05, 4.69) is 13.2 Å². The first kappa shape index (κ1) is 10.4. The van der Waals surface area contributed by atoms with Gasteiger partial charge in [-0.15, -0.1) is 0 Å². The molecule has 0 aromatic rings. The van der Waals surface area contributed by atoms with Gasteiger partial charge in [0.2, 0.25) is 0 Å². The van der Waals surface area contributed by atoms with E-state index in [9.17, 15) is 0 Å². The van der Waals surface area contributed by atoms with Crippen molar-refractivity contribution in [2.75, 3.05) is 0 Å². The normalized spacial score (nSPS) is 12.3. The second kappa shape index (κ2) is 9.44. The Morgan fingerprint density at radius 1 is 0.417 bits per heavy atom. The lowest BCUT2D eigenvalue weighted by molar-refractivity contribution is 1.86. The zero-order valence-electron chi connectivity index (χ0n) is 7.19. The molecule has 0 nitrogen and oxygen atoms in total. The maximum atomic E-state index is 3.56. The van der Waals surface area contributed by atoms with E-state index in [0.29, 0.717) is 0 Å². The van der Waals surface area contributed by atoms with Crippen molar-refractivity contribution in [1.29, 1.82) is 0 Å². The monoisotopic (exact) mass is 158 g/mol. The predicted molar refractivity (Wildman–Crippen MR) is 57.0 cm³/mol. The van der Waals surface area contributed by atoms with Gasteiger partial charge in [-0.1, -0.05) is 73.9 Å². The molecule has 0 unspecified atom stereocenters. The molecule has 0 saturated carbocycles. The van der Waals surface area contributed by atoms with E-state index in [1.54, 1.807) is 12.2 Å². The van der Waals surface area contributed by atoms with Crippen LogP contribution >= 0.6 is 0 Å². The molecular weight excluding hydrogens is 144 g/mol. The smallest absolute Gasteiger partial charge is 0.0623 e. The van der Waals surface area contributed by atoms with E-state index in [1.807, 2.05) is 48.6 Å². The lowest BCUT2D eigenvalue weighted by Crippen LogP contribution is -1.50. The maximum absolute atomic E-state index is 3.56. The van der Waals surface area contributed by atoms with E-state index >= 15 is 0 Å². The van der Waals surface area contributed by atoms with Gasteiger partial charge in [0.25, 0.3) is 0 Å². The Hall–Kier alpha value is -1.56. The standard InChI is InChI=1S/C12H14/c1-3-5-7-9-11-12-10-8-6-4-2/h3-12H,1-2H2/b7-5-,8-6-,11-9-,12-10-. The first-order chi connectivity index (χ1) is 5.91. The molecule has 0 aliphatic rings. The molecule has 0 aliphatic heterocycles. The summed E-state index contributed by atoms with van der Waals surface area (Å²) in [6, 6.07) is 0. The fourth-order valence-corrected chi connectivity index (χ4v) is 0.542. The molecule has 0 rings (SSSR count). The summed E-state index contributed by atoms with van der Waals surface area (Å²) in [5.41, 5.74) is 0. The van der Waals surface area contributed by atoms with Crippen LogP contribution in [0.2, 0.25) is 0 Å². The van der Waals surface area contributed by atoms with Gasteiger partial charge >= 0.3 is 0 Å². The summed E-state index contributed by atoms with van der Waals surface area (Å²) in [4.78, 5) is 0. The average Bonchev–Trinajstić information content (AvgIpc) is 2.10. The van der Waals surface area contributed by atoms with Crippen LogP contribution in [0.1, 0.15) is 0 Å². The van der Waals surface area contributed by atoms with Gasteiger partial charge in [0.1, 0.15) is 0 Å². The Bertz CT molecular complexity index is 198. The van der Waals surface area contributed by atoms with Crippen LogP contribution in [0.3, 0.4) is 0 Å². The second-order valence-corrected chi connectivity index (χ2v) is 2.01. The molecule has 0 fully saturated rings. The van der Waals surface area contributed by atoms with Gasteiger partial charge in [-0.25, -0.2) is 0 Å². The van der Waals surface area contributed by atoms with Gasteiger partial charge in [0, 0.05) is 0 Å². The molecule has 0 amide bonds. The molecule has 0 radical (unpaired) electrons. The summed E-state index contributed by atoms with van der Waals surface area (Å²) in [6.07, 6.45) is 18.9. The van der Waals surface area contributed by atoms with Crippen LogP contribution in [0.15, 0.2) is 73.9 Å². The van der Waals surface area contributed by atoms with E-state index in [4.69, 9.17) is 0 Å². The molecule has 0 aliphatic carbocycles. The highest BCUT2D eigenvalue weighted by molar-refractivity contribution is 5.18. The van der Waals surface area contributed by atoms with Gasteiger partial charge < -0.3 is 0 Å². The first-order valence-electron chi connectivity index (χ1n) is 3.82. The third kappa shape index (κ3) is 8.44. The van der Waals surface area contributed by atoms with Crippen molar-refractivity contribution >= 4 is 0 Å². The largest absolute Gasteiger partial charge is 0.0991 e. The quantitative estimate of drug-likeness (QED) is 0.536. The average molecular weight is 158 g/mol. The zero-order chi connectivity index (χ0) is 9.07. The zero-order valence-corrected chi connectivity index (χ0v) is 7.19. The van der Waals surface area contributed by atoms with Crippen LogP contribution < -0.4 is 0 Å². The molecule has 0 N–H and O–H groups in total. The summed E-state index contributed by atoms with van der Waals surface area (Å²) < 4.78 is 0. The Labute approximate surface area is 74.6 Å². The Morgan fingerprint density at radius 3 is 0.917 bits per heavy atom. The molecule has 0 heterocycles. The van der Waals surface area contributed by atoms with Gasteiger partial charge in [0.15, 0.2) is 0 Å². The SMILES string of the molecule is C=C\C=C/C=C\C=C/C=C\C=C. The number of allylic oxidation sites excluding steroid dienone is 10. The van der Waals surface area contributed by atoms with E-state index < -0.39 is 0 Å². The third-order valence-corrected chi connectivity index (χ3v) is 1.05. The molecule has 0 spiro atoms. The Kier molecular flexibility index (Phi) is 8.21. The van der Waals surface area contributed by atoms with Crippen molar-refractivity contribution in [2.24, 2.45) is 0 Å². The molecule has 0 heteroatoms. The molecule has 0 saturated heterocycles. The summed E-state index contributed by atoms with van der Waals surface area (Å²) in [5, 5.41) is 0. The lowest BCUT2D eigenvalue weighted by Gasteiger charge is -1.72. The van der Waals surface area contributed by atoms with E-state index in [0.717, 1.165) is 0 Å². The minimum atomic E-state index is 1.74. The van der Waals surface area contributed by atoms with Crippen LogP contribution in [-0.2, 0) is 0 Å². The van der Waals surface area contributed by atoms with Crippen molar-refractivity contribution in [3.63, 3.8) is 0 Å². The minimum Gasteiger partial charge on any atom is -0.0991 e.